The quantitative estimate of drug-likeness (QED) is 0.688. The van der Waals surface area contributed by atoms with E-state index in [-0.39, 0.29) is 10.9 Å². The van der Waals surface area contributed by atoms with Crippen LogP contribution in [0.1, 0.15) is 49.3 Å². The summed E-state index contributed by atoms with van der Waals surface area (Å²) in [6.45, 7) is 2.43. The lowest BCUT2D eigenvalue weighted by Crippen LogP contribution is -2.42. The molecule has 0 amide bonds. The van der Waals surface area contributed by atoms with Gasteiger partial charge in [0, 0.05) is 41.6 Å². The Hall–Kier alpha value is -0.460. The first-order valence-corrected chi connectivity index (χ1v) is 10.4. The Labute approximate surface area is 155 Å². The van der Waals surface area contributed by atoms with Crippen molar-refractivity contribution in [2.24, 2.45) is 5.41 Å². The fourth-order valence-electron chi connectivity index (χ4n) is 4.53. The third kappa shape index (κ3) is 3.54. The molecule has 1 aromatic rings. The number of alkyl halides is 3. The smallest absolute Gasteiger partial charge is 0.300 e. The van der Waals surface area contributed by atoms with Gasteiger partial charge in [-0.3, -0.25) is 9.88 Å². The second kappa shape index (κ2) is 6.61. The molecule has 0 aromatic carbocycles. The molecule has 3 aliphatic rings. The predicted molar refractivity (Wildman–Crippen MR) is 95.2 cm³/mol. The van der Waals surface area contributed by atoms with Crippen molar-refractivity contribution in [3.8, 4) is 0 Å². The zero-order chi connectivity index (χ0) is 17.7. The van der Waals surface area contributed by atoms with Crippen molar-refractivity contribution in [3.05, 3.63) is 28.5 Å². The minimum atomic E-state index is -4.39. The van der Waals surface area contributed by atoms with Gasteiger partial charge in [0.1, 0.15) is 0 Å². The van der Waals surface area contributed by atoms with Gasteiger partial charge in [0.15, 0.2) is 0 Å². The first kappa shape index (κ1) is 17.9. The van der Waals surface area contributed by atoms with Crippen LogP contribution in [0.3, 0.4) is 0 Å². The van der Waals surface area contributed by atoms with Crippen molar-refractivity contribution in [2.75, 3.05) is 24.6 Å². The second-order valence-electron chi connectivity index (χ2n) is 7.81. The Bertz CT molecular complexity index is 640. The minimum absolute atomic E-state index is 0.157. The van der Waals surface area contributed by atoms with Gasteiger partial charge in [-0.15, -0.1) is 0 Å². The van der Waals surface area contributed by atoms with Crippen molar-refractivity contribution < 1.29 is 13.2 Å². The number of hydrogen-bond acceptors (Lipinski definition) is 3. The second-order valence-corrected chi connectivity index (χ2v) is 9.20. The normalized spacial score (nSPS) is 29.8. The molecule has 1 aromatic heterocycles. The molecule has 2 saturated heterocycles. The van der Waals surface area contributed by atoms with Crippen LogP contribution >= 0.6 is 23.4 Å². The molecular weight excluding hydrogens is 369 g/mol. The van der Waals surface area contributed by atoms with Crippen LogP contribution in [0.25, 0.3) is 0 Å². The Morgan fingerprint density at radius 3 is 2.44 bits per heavy atom. The van der Waals surface area contributed by atoms with Crippen LogP contribution in [0, 0.1) is 5.41 Å². The van der Waals surface area contributed by atoms with Gasteiger partial charge >= 0.3 is 6.18 Å². The molecule has 0 bridgehead atoms. The maximum atomic E-state index is 12.8. The molecule has 138 valence electrons. The Morgan fingerprint density at radius 2 is 1.92 bits per heavy atom. The van der Waals surface area contributed by atoms with E-state index in [4.69, 9.17) is 11.6 Å². The average Bonchev–Trinajstić information content (AvgIpc) is 3.00. The van der Waals surface area contributed by atoms with Gasteiger partial charge in [-0.25, -0.2) is 0 Å². The molecule has 3 heterocycles. The number of pyridine rings is 1. The SMILES string of the molecule is FC(F)(F)c1cnc(C2CCC(N3CCC4(CSC4)C3)CC2)c(Cl)c1. The maximum absolute atomic E-state index is 12.8. The summed E-state index contributed by atoms with van der Waals surface area (Å²) in [6.07, 6.45) is 1.96. The van der Waals surface area contributed by atoms with Crippen LogP contribution in [0.5, 0.6) is 0 Å². The van der Waals surface area contributed by atoms with E-state index in [2.05, 4.69) is 21.6 Å². The van der Waals surface area contributed by atoms with E-state index in [1.807, 2.05) is 0 Å². The summed E-state index contributed by atoms with van der Waals surface area (Å²) in [6, 6.07) is 1.64. The van der Waals surface area contributed by atoms with Gasteiger partial charge in [0.25, 0.3) is 0 Å². The Balaban J connectivity index is 1.37. The topological polar surface area (TPSA) is 16.1 Å². The molecule has 7 heteroatoms. The third-order valence-corrected chi connectivity index (χ3v) is 8.02. The van der Waals surface area contributed by atoms with Gasteiger partial charge in [-0.1, -0.05) is 11.6 Å². The van der Waals surface area contributed by atoms with Crippen molar-refractivity contribution in [3.63, 3.8) is 0 Å². The van der Waals surface area contributed by atoms with Crippen LogP contribution in [0.15, 0.2) is 12.3 Å². The van der Waals surface area contributed by atoms with E-state index in [0.717, 1.165) is 37.9 Å². The van der Waals surface area contributed by atoms with Crippen LogP contribution in [0.2, 0.25) is 5.02 Å². The highest BCUT2D eigenvalue weighted by molar-refractivity contribution is 8.00. The maximum Gasteiger partial charge on any atom is 0.417 e. The number of aromatic nitrogens is 1. The Morgan fingerprint density at radius 1 is 1.20 bits per heavy atom. The zero-order valence-corrected chi connectivity index (χ0v) is 15.6. The van der Waals surface area contributed by atoms with Gasteiger partial charge < -0.3 is 0 Å². The zero-order valence-electron chi connectivity index (χ0n) is 14.0. The molecule has 0 unspecified atom stereocenters. The summed E-state index contributed by atoms with van der Waals surface area (Å²) >= 11 is 8.18. The monoisotopic (exact) mass is 390 g/mol. The molecule has 4 rings (SSSR count). The molecule has 1 aliphatic carbocycles. The van der Waals surface area contributed by atoms with Crippen LogP contribution in [0.4, 0.5) is 13.2 Å². The lowest BCUT2D eigenvalue weighted by molar-refractivity contribution is -0.137. The van der Waals surface area contributed by atoms with E-state index in [1.165, 1.54) is 31.0 Å². The van der Waals surface area contributed by atoms with Gasteiger partial charge in [-0.05, 0) is 44.7 Å². The van der Waals surface area contributed by atoms with Crippen molar-refractivity contribution >= 4 is 23.4 Å². The summed E-state index contributed by atoms with van der Waals surface area (Å²) in [5.41, 5.74) is 0.455. The molecular formula is C18H22ClF3N2S. The minimum Gasteiger partial charge on any atom is -0.300 e. The summed E-state index contributed by atoms with van der Waals surface area (Å²) < 4.78 is 38.3. The standard InChI is InChI=1S/C18H22ClF3N2S/c19-15-7-13(18(20,21)22)8-23-16(15)12-1-3-14(4-2-12)24-6-5-17(9-24)10-25-11-17/h7-8,12,14H,1-6,9-11H2. The molecule has 2 aliphatic heterocycles. The van der Waals surface area contributed by atoms with Gasteiger partial charge in [0.05, 0.1) is 16.3 Å². The molecule has 1 saturated carbocycles. The summed E-state index contributed by atoms with van der Waals surface area (Å²) in [4.78, 5) is 6.72. The summed E-state index contributed by atoms with van der Waals surface area (Å²) in [7, 11) is 0. The van der Waals surface area contributed by atoms with E-state index in [9.17, 15) is 13.2 Å². The lowest BCUT2D eigenvalue weighted by Gasteiger charge is -2.40. The van der Waals surface area contributed by atoms with E-state index >= 15 is 0 Å². The Kier molecular flexibility index (Phi) is 4.74. The summed E-state index contributed by atoms with van der Waals surface area (Å²) in [5, 5.41) is 0.157. The highest BCUT2D eigenvalue weighted by Crippen LogP contribution is 2.47. The molecule has 0 radical (unpaired) electrons. The molecule has 0 atom stereocenters. The first-order valence-electron chi connectivity index (χ1n) is 8.91. The largest absolute Gasteiger partial charge is 0.417 e. The highest BCUT2D eigenvalue weighted by Gasteiger charge is 2.45. The number of thioether (sulfide) groups is 1. The number of nitrogens with zero attached hydrogens (tertiary/aromatic N) is 2. The molecule has 3 fully saturated rings. The molecule has 0 N–H and O–H groups in total. The molecule has 25 heavy (non-hydrogen) atoms. The van der Waals surface area contributed by atoms with Crippen molar-refractivity contribution in [1.29, 1.82) is 0 Å². The van der Waals surface area contributed by atoms with E-state index in [1.54, 1.807) is 0 Å². The third-order valence-electron chi connectivity index (χ3n) is 6.08. The van der Waals surface area contributed by atoms with Crippen LogP contribution in [-0.2, 0) is 6.18 Å². The highest BCUT2D eigenvalue weighted by atomic mass is 35.5. The van der Waals surface area contributed by atoms with Crippen molar-refractivity contribution in [2.45, 2.75) is 50.2 Å². The van der Waals surface area contributed by atoms with Crippen LogP contribution < -0.4 is 0 Å². The fourth-order valence-corrected chi connectivity index (χ4v) is 6.10. The van der Waals surface area contributed by atoms with Gasteiger partial charge in [0.2, 0.25) is 0 Å². The lowest BCUT2D eigenvalue weighted by atomic mass is 9.83. The first-order chi connectivity index (χ1) is 11.9. The number of likely N-dealkylation sites (tertiary alicyclic amines) is 1. The fraction of sp³-hybridized carbons (Fsp3) is 0.722. The van der Waals surface area contributed by atoms with Gasteiger partial charge in [-0.2, -0.15) is 24.9 Å². The van der Waals surface area contributed by atoms with Crippen molar-refractivity contribution in [1.82, 2.24) is 9.88 Å². The number of rotatable bonds is 2. The number of halogens is 4. The van der Waals surface area contributed by atoms with E-state index < -0.39 is 11.7 Å². The molecule has 1 spiro atoms. The predicted octanol–water partition coefficient (Wildman–Crippen LogP) is 5.22. The summed E-state index contributed by atoms with van der Waals surface area (Å²) in [5.74, 6) is 2.80. The number of hydrogen-bond donors (Lipinski definition) is 0. The van der Waals surface area contributed by atoms with Crippen LogP contribution in [-0.4, -0.2) is 40.5 Å². The average molecular weight is 391 g/mol. The molecule has 2 nitrogen and oxygen atoms in total. The van der Waals surface area contributed by atoms with E-state index in [0.29, 0.717) is 17.2 Å².